The fourth-order valence-corrected chi connectivity index (χ4v) is 2.63. The Balaban J connectivity index is 2.24. The average molecular weight is 356 g/mol. The maximum Gasteiger partial charge on any atom is 0.336 e. The topological polar surface area (TPSA) is 92.2 Å². The van der Waals surface area contributed by atoms with Crippen LogP contribution in [0, 0.1) is 0 Å². The van der Waals surface area contributed by atoms with Gasteiger partial charge in [-0.25, -0.2) is 4.79 Å². The zero-order valence-electron chi connectivity index (χ0n) is 10.4. The Labute approximate surface area is 127 Å². The number of nitrogens with zero attached hydrogens (tertiary/aromatic N) is 2. The number of nitrogens with one attached hydrogen (secondary N) is 1. The zero-order chi connectivity index (χ0) is 14.7. The molecule has 2 rings (SSSR count). The van der Waals surface area contributed by atoms with E-state index in [2.05, 4.69) is 30.8 Å². The number of carbonyl (C=O) groups is 2. The van der Waals surface area contributed by atoms with Crippen LogP contribution in [0.4, 0.5) is 5.69 Å². The Morgan fingerprint density at radius 2 is 2.20 bits per heavy atom. The lowest BCUT2D eigenvalue weighted by atomic mass is 10.2. The van der Waals surface area contributed by atoms with Crippen molar-refractivity contribution in [3.63, 3.8) is 0 Å². The minimum absolute atomic E-state index is 0.0842. The maximum atomic E-state index is 12.1. The van der Waals surface area contributed by atoms with Crippen LogP contribution >= 0.6 is 27.5 Å². The molecule has 2 N–H and O–H groups in total. The Morgan fingerprint density at radius 1 is 1.45 bits per heavy atom. The first-order valence-electron chi connectivity index (χ1n) is 5.68. The molecule has 0 unspecified atom stereocenters. The highest BCUT2D eigenvalue weighted by atomic mass is 79.9. The molecule has 0 radical (unpaired) electrons. The second kappa shape index (κ2) is 6.10. The first-order valence-corrected chi connectivity index (χ1v) is 7.25. The summed E-state index contributed by atoms with van der Waals surface area (Å²) in [5.74, 6) is -1.41. The van der Waals surface area contributed by atoms with E-state index in [1.165, 1.54) is 6.07 Å². The molecule has 0 spiro atoms. The van der Waals surface area contributed by atoms with Gasteiger partial charge < -0.3 is 10.4 Å². The van der Waals surface area contributed by atoms with E-state index in [4.69, 9.17) is 5.11 Å². The third-order valence-corrected chi connectivity index (χ3v) is 4.01. The summed E-state index contributed by atoms with van der Waals surface area (Å²) in [5, 5.41) is 15.5. The molecule has 0 atom stereocenters. The van der Waals surface area contributed by atoms with Gasteiger partial charge in [-0.1, -0.05) is 11.4 Å². The summed E-state index contributed by atoms with van der Waals surface area (Å²) >= 11 is 4.16. The van der Waals surface area contributed by atoms with E-state index < -0.39 is 5.97 Å². The van der Waals surface area contributed by atoms with Gasteiger partial charge in [-0.3, -0.25) is 4.79 Å². The normalized spacial score (nSPS) is 10.3. The lowest BCUT2D eigenvalue weighted by molar-refractivity contribution is 0.0695. The first kappa shape index (κ1) is 14.6. The molecule has 0 fully saturated rings. The Bertz CT molecular complexity index is 672. The monoisotopic (exact) mass is 355 g/mol. The Morgan fingerprint density at radius 3 is 2.85 bits per heavy atom. The number of hydrogen-bond acceptors (Lipinski definition) is 5. The van der Waals surface area contributed by atoms with Crippen LogP contribution in [0.3, 0.4) is 0 Å². The Kier molecular flexibility index (Phi) is 4.46. The molecule has 0 bridgehead atoms. The fourth-order valence-electron chi connectivity index (χ4n) is 1.57. The highest BCUT2D eigenvalue weighted by Crippen LogP contribution is 2.22. The molecule has 6 nitrogen and oxygen atoms in total. The number of amides is 1. The van der Waals surface area contributed by atoms with Gasteiger partial charge in [-0.05, 0) is 52.1 Å². The summed E-state index contributed by atoms with van der Waals surface area (Å²) in [4.78, 5) is 23.5. The highest BCUT2D eigenvalue weighted by Gasteiger charge is 2.16. The van der Waals surface area contributed by atoms with Gasteiger partial charge in [0.05, 0.1) is 11.3 Å². The second-order valence-electron chi connectivity index (χ2n) is 3.86. The predicted molar refractivity (Wildman–Crippen MR) is 78.3 cm³/mol. The molecule has 0 aliphatic rings. The van der Waals surface area contributed by atoms with E-state index in [0.29, 0.717) is 27.2 Å². The number of benzene rings is 1. The second-order valence-corrected chi connectivity index (χ2v) is 5.46. The summed E-state index contributed by atoms with van der Waals surface area (Å²) < 4.78 is 4.20. The van der Waals surface area contributed by atoms with Crippen molar-refractivity contribution in [3.8, 4) is 0 Å². The van der Waals surface area contributed by atoms with Crippen molar-refractivity contribution < 1.29 is 14.7 Å². The lowest BCUT2D eigenvalue weighted by Crippen LogP contribution is -2.13. The van der Waals surface area contributed by atoms with Crippen molar-refractivity contribution in [2.45, 2.75) is 13.3 Å². The molecular formula is C12H10BrN3O3S. The van der Waals surface area contributed by atoms with Crippen LogP contribution in [0.5, 0.6) is 0 Å². The lowest BCUT2D eigenvalue weighted by Gasteiger charge is -2.06. The molecule has 104 valence electrons. The highest BCUT2D eigenvalue weighted by molar-refractivity contribution is 9.10. The zero-order valence-corrected chi connectivity index (χ0v) is 12.8. The van der Waals surface area contributed by atoms with E-state index in [-0.39, 0.29) is 11.5 Å². The van der Waals surface area contributed by atoms with E-state index >= 15 is 0 Å². The largest absolute Gasteiger partial charge is 0.478 e. The molecular weight excluding hydrogens is 346 g/mol. The molecule has 20 heavy (non-hydrogen) atoms. The van der Waals surface area contributed by atoms with Gasteiger partial charge in [-0.2, -0.15) is 0 Å². The van der Waals surface area contributed by atoms with Crippen LogP contribution < -0.4 is 5.32 Å². The van der Waals surface area contributed by atoms with Crippen molar-refractivity contribution in [2.24, 2.45) is 0 Å². The van der Waals surface area contributed by atoms with Gasteiger partial charge >= 0.3 is 5.97 Å². The van der Waals surface area contributed by atoms with Crippen LogP contribution in [-0.4, -0.2) is 26.6 Å². The third kappa shape index (κ3) is 3.02. The number of carboxylic acid groups (broad SMARTS) is 1. The quantitative estimate of drug-likeness (QED) is 0.879. The van der Waals surface area contributed by atoms with Gasteiger partial charge in [0, 0.05) is 10.2 Å². The number of aryl methyl sites for hydroxylation is 1. The van der Waals surface area contributed by atoms with Crippen molar-refractivity contribution in [1.29, 1.82) is 0 Å². The molecule has 1 aromatic carbocycles. The van der Waals surface area contributed by atoms with Gasteiger partial charge in [0.15, 0.2) is 0 Å². The molecule has 8 heteroatoms. The summed E-state index contributed by atoms with van der Waals surface area (Å²) in [5.41, 5.74) is 1.12. The number of carbonyl (C=O) groups excluding carboxylic acids is 1. The number of hydrogen-bond donors (Lipinski definition) is 2. The van der Waals surface area contributed by atoms with Gasteiger partial charge in [0.2, 0.25) is 0 Å². The molecule has 1 amide bonds. The van der Waals surface area contributed by atoms with Crippen LogP contribution in [0.15, 0.2) is 22.7 Å². The predicted octanol–water partition coefficient (Wildman–Crippen LogP) is 2.81. The molecule has 0 saturated heterocycles. The van der Waals surface area contributed by atoms with Gasteiger partial charge in [0.25, 0.3) is 5.91 Å². The number of anilines is 1. The van der Waals surface area contributed by atoms with Crippen molar-refractivity contribution >= 4 is 45.0 Å². The van der Waals surface area contributed by atoms with E-state index in [1.807, 2.05) is 6.92 Å². The smallest absolute Gasteiger partial charge is 0.336 e. The third-order valence-electron chi connectivity index (χ3n) is 2.55. The average Bonchev–Trinajstić information content (AvgIpc) is 2.89. The molecule has 2 aromatic rings. The van der Waals surface area contributed by atoms with Gasteiger partial charge in [0.1, 0.15) is 4.88 Å². The molecule has 0 aliphatic carbocycles. The molecule has 1 aromatic heterocycles. The van der Waals surface area contributed by atoms with Gasteiger partial charge in [-0.15, -0.1) is 5.10 Å². The summed E-state index contributed by atoms with van der Waals surface area (Å²) in [7, 11) is 0. The minimum Gasteiger partial charge on any atom is -0.478 e. The van der Waals surface area contributed by atoms with E-state index in [9.17, 15) is 9.59 Å². The van der Waals surface area contributed by atoms with Crippen molar-refractivity contribution in [2.75, 3.05) is 5.32 Å². The summed E-state index contributed by atoms with van der Waals surface area (Å²) in [6, 6.07) is 4.59. The van der Waals surface area contributed by atoms with E-state index in [0.717, 1.165) is 11.5 Å². The van der Waals surface area contributed by atoms with Crippen molar-refractivity contribution in [1.82, 2.24) is 9.59 Å². The van der Waals surface area contributed by atoms with Crippen LogP contribution in [0.25, 0.3) is 0 Å². The van der Waals surface area contributed by atoms with Crippen molar-refractivity contribution in [3.05, 3.63) is 38.8 Å². The van der Waals surface area contributed by atoms with Crippen LogP contribution in [0.1, 0.15) is 32.6 Å². The number of aromatic carboxylic acids is 1. The first-order chi connectivity index (χ1) is 9.52. The SMILES string of the molecule is CCc1nnsc1C(=O)Nc1ccc(Br)c(C(=O)O)c1. The molecule has 0 aliphatic heterocycles. The van der Waals surface area contributed by atoms with Crippen LogP contribution in [-0.2, 0) is 6.42 Å². The minimum atomic E-state index is -1.07. The summed E-state index contributed by atoms with van der Waals surface area (Å²) in [6.07, 6.45) is 0.611. The fraction of sp³-hybridized carbons (Fsp3) is 0.167. The maximum absolute atomic E-state index is 12.1. The van der Waals surface area contributed by atoms with E-state index in [1.54, 1.807) is 12.1 Å². The summed E-state index contributed by atoms with van der Waals surface area (Å²) in [6.45, 7) is 1.88. The Hall–Kier alpha value is -1.80. The molecule has 0 saturated carbocycles. The number of aromatic nitrogens is 2. The number of carboxylic acids is 1. The standard InChI is InChI=1S/C12H10BrN3O3S/c1-2-9-10(20-16-15-9)11(17)14-6-3-4-8(13)7(5-6)12(18)19/h3-5H,2H2,1H3,(H,14,17)(H,18,19). The number of halogens is 1. The number of rotatable bonds is 4. The van der Waals surface area contributed by atoms with Crippen LogP contribution in [0.2, 0.25) is 0 Å². The molecule has 1 heterocycles.